The molecule has 0 aliphatic carbocycles. The van der Waals surface area contributed by atoms with Crippen LogP contribution in [-0.4, -0.2) is 94.6 Å². The quantitative estimate of drug-likeness (QED) is 0.0446. The monoisotopic (exact) mass is 895 g/mol. The van der Waals surface area contributed by atoms with E-state index < -0.39 is 22.8 Å². The standard InChI is InChI=1S/C55H110N2O6/c1-5-9-13-17-21-29-38-54(52(60)61,39-30-22-18-14-10-6-2)42-33-25-27-35-44-56(48-50-58)46-37-47-57(49-51-59)45-36-28-26-34-43-55(53(62)63,40-31-23-19-15-11-7-3)41-32-24-20-16-12-8-4/h58-59H,5-51H2,1-4H3,(H,60,61)(H,62,63). The lowest BCUT2D eigenvalue weighted by Crippen LogP contribution is -2.34. The topological polar surface area (TPSA) is 122 Å². The molecule has 0 radical (unpaired) electrons. The van der Waals surface area contributed by atoms with Crippen LogP contribution in [0.1, 0.15) is 278 Å². The minimum atomic E-state index is -0.566. The molecule has 0 aromatic rings. The first-order valence-corrected chi connectivity index (χ1v) is 27.8. The predicted molar refractivity (Wildman–Crippen MR) is 270 cm³/mol. The maximum Gasteiger partial charge on any atom is 0.309 e. The Bertz CT molecular complexity index is 886. The number of aliphatic carboxylic acids is 2. The van der Waals surface area contributed by atoms with Crippen LogP contribution < -0.4 is 0 Å². The molecule has 0 aliphatic heterocycles. The summed E-state index contributed by atoms with van der Waals surface area (Å²) in [4.78, 5) is 30.4. The normalized spacial score (nSPS) is 12.3. The smallest absolute Gasteiger partial charge is 0.309 e. The van der Waals surface area contributed by atoms with Gasteiger partial charge in [0.15, 0.2) is 0 Å². The zero-order valence-corrected chi connectivity index (χ0v) is 42.7. The Labute approximate surface area is 391 Å². The molecule has 0 bridgehead atoms. The Hall–Kier alpha value is -1.22. The zero-order valence-electron chi connectivity index (χ0n) is 42.7. The highest BCUT2D eigenvalue weighted by atomic mass is 16.4. The lowest BCUT2D eigenvalue weighted by atomic mass is 9.74. The van der Waals surface area contributed by atoms with Gasteiger partial charge in [-0.1, -0.05) is 220 Å². The SMILES string of the molecule is CCCCCCCCC(CCCCCCCC)(CCCCCCN(CCO)CCCN(CCO)CCCCCCC(CCCCCCCC)(CCCCCCCC)C(=O)O)C(=O)O. The maximum absolute atomic E-state index is 12.8. The fraction of sp³-hybridized carbons (Fsp3) is 0.964. The van der Waals surface area contributed by atoms with E-state index in [1.165, 1.54) is 103 Å². The van der Waals surface area contributed by atoms with Crippen molar-refractivity contribution in [3.63, 3.8) is 0 Å². The number of hydrogen-bond acceptors (Lipinski definition) is 6. The Balaban J connectivity index is 4.87. The summed E-state index contributed by atoms with van der Waals surface area (Å²) in [5, 5.41) is 40.8. The number of hydrogen-bond donors (Lipinski definition) is 4. The predicted octanol–water partition coefficient (Wildman–Crippen LogP) is 15.0. The summed E-state index contributed by atoms with van der Waals surface area (Å²) in [6.07, 6.45) is 43.0. The fourth-order valence-corrected chi connectivity index (χ4v) is 10.1. The Kier molecular flexibility index (Phi) is 43.7. The van der Waals surface area contributed by atoms with Crippen LogP contribution >= 0.6 is 0 Å². The van der Waals surface area contributed by atoms with E-state index in [1.54, 1.807) is 0 Å². The van der Waals surface area contributed by atoms with Gasteiger partial charge in [0.25, 0.3) is 0 Å². The van der Waals surface area contributed by atoms with Crippen LogP contribution in [0.2, 0.25) is 0 Å². The summed E-state index contributed by atoms with van der Waals surface area (Å²) in [5.41, 5.74) is -1.13. The number of carboxylic acids is 2. The summed E-state index contributed by atoms with van der Waals surface area (Å²) in [5.74, 6) is -1.13. The van der Waals surface area contributed by atoms with E-state index in [0.29, 0.717) is 13.1 Å². The van der Waals surface area contributed by atoms with Crippen LogP contribution in [0.4, 0.5) is 0 Å². The van der Waals surface area contributed by atoms with Crippen LogP contribution in [-0.2, 0) is 9.59 Å². The van der Waals surface area contributed by atoms with E-state index in [-0.39, 0.29) is 13.2 Å². The summed E-state index contributed by atoms with van der Waals surface area (Å²) in [6, 6.07) is 0. The van der Waals surface area contributed by atoms with Crippen molar-refractivity contribution in [1.82, 2.24) is 9.80 Å². The van der Waals surface area contributed by atoms with Gasteiger partial charge < -0.3 is 30.2 Å². The molecule has 8 nitrogen and oxygen atoms in total. The second-order valence-corrected chi connectivity index (χ2v) is 20.1. The van der Waals surface area contributed by atoms with E-state index in [2.05, 4.69) is 37.5 Å². The molecule has 376 valence electrons. The lowest BCUT2D eigenvalue weighted by molar-refractivity contribution is -0.151. The molecule has 8 heteroatoms. The lowest BCUT2D eigenvalue weighted by Gasteiger charge is -2.30. The van der Waals surface area contributed by atoms with Crippen molar-refractivity contribution < 1.29 is 30.0 Å². The van der Waals surface area contributed by atoms with Crippen molar-refractivity contribution in [2.45, 2.75) is 278 Å². The maximum atomic E-state index is 12.8. The molecule has 0 aliphatic rings. The summed E-state index contributed by atoms with van der Waals surface area (Å²) < 4.78 is 0. The van der Waals surface area contributed by atoms with Crippen LogP contribution in [0, 0.1) is 10.8 Å². The third kappa shape index (κ3) is 33.8. The van der Waals surface area contributed by atoms with Gasteiger partial charge in [-0.15, -0.1) is 0 Å². The molecule has 0 atom stereocenters. The number of carbonyl (C=O) groups is 2. The molecular weight excluding hydrogens is 785 g/mol. The molecule has 0 saturated carbocycles. The van der Waals surface area contributed by atoms with E-state index in [0.717, 1.165) is 174 Å². The van der Waals surface area contributed by atoms with Gasteiger partial charge in [0.1, 0.15) is 0 Å². The van der Waals surface area contributed by atoms with Crippen LogP contribution in [0.3, 0.4) is 0 Å². The van der Waals surface area contributed by atoms with Crippen molar-refractivity contribution in [2.24, 2.45) is 10.8 Å². The van der Waals surface area contributed by atoms with Gasteiger partial charge in [0.05, 0.1) is 24.0 Å². The molecular formula is C55H110N2O6. The van der Waals surface area contributed by atoms with Crippen LogP contribution in [0.25, 0.3) is 0 Å². The van der Waals surface area contributed by atoms with Crippen molar-refractivity contribution in [2.75, 3.05) is 52.5 Å². The minimum Gasteiger partial charge on any atom is -0.481 e. The third-order valence-corrected chi connectivity index (χ3v) is 14.5. The van der Waals surface area contributed by atoms with Crippen molar-refractivity contribution in [3.8, 4) is 0 Å². The van der Waals surface area contributed by atoms with E-state index in [9.17, 15) is 30.0 Å². The van der Waals surface area contributed by atoms with Crippen LogP contribution in [0.15, 0.2) is 0 Å². The summed E-state index contributed by atoms with van der Waals surface area (Å²) in [7, 11) is 0. The highest BCUT2D eigenvalue weighted by Gasteiger charge is 2.37. The molecule has 0 amide bonds. The molecule has 0 aromatic carbocycles. The highest BCUT2D eigenvalue weighted by Crippen LogP contribution is 2.39. The third-order valence-electron chi connectivity index (χ3n) is 14.5. The largest absolute Gasteiger partial charge is 0.481 e. The first-order valence-electron chi connectivity index (χ1n) is 27.8. The van der Waals surface area contributed by atoms with Gasteiger partial charge in [0, 0.05) is 13.1 Å². The number of aliphatic hydroxyl groups excluding tert-OH is 2. The van der Waals surface area contributed by atoms with Gasteiger partial charge in [-0.2, -0.15) is 0 Å². The van der Waals surface area contributed by atoms with Gasteiger partial charge in [-0.05, 0) is 84.0 Å². The average Bonchev–Trinajstić information content (AvgIpc) is 3.27. The van der Waals surface area contributed by atoms with Crippen LogP contribution in [0.5, 0.6) is 0 Å². The van der Waals surface area contributed by atoms with Gasteiger partial charge >= 0.3 is 11.9 Å². The van der Waals surface area contributed by atoms with Crippen molar-refractivity contribution >= 4 is 11.9 Å². The molecule has 0 fully saturated rings. The Morgan fingerprint density at radius 1 is 0.302 bits per heavy atom. The van der Waals surface area contributed by atoms with E-state index in [4.69, 9.17) is 0 Å². The van der Waals surface area contributed by atoms with E-state index in [1.807, 2.05) is 0 Å². The first-order chi connectivity index (χ1) is 30.7. The fourth-order valence-electron chi connectivity index (χ4n) is 10.1. The second kappa shape index (κ2) is 44.6. The minimum absolute atomic E-state index is 0.152. The van der Waals surface area contributed by atoms with Crippen molar-refractivity contribution in [3.05, 3.63) is 0 Å². The molecule has 63 heavy (non-hydrogen) atoms. The molecule has 4 N–H and O–H groups in total. The highest BCUT2D eigenvalue weighted by molar-refractivity contribution is 5.75. The second-order valence-electron chi connectivity index (χ2n) is 20.1. The zero-order chi connectivity index (χ0) is 46.5. The summed E-state index contributed by atoms with van der Waals surface area (Å²) in [6.45, 7) is 14.4. The number of carboxylic acid groups (broad SMARTS) is 2. The molecule has 0 aromatic heterocycles. The molecule has 0 spiro atoms. The Morgan fingerprint density at radius 3 is 0.730 bits per heavy atom. The number of aliphatic hydroxyl groups is 2. The van der Waals surface area contributed by atoms with Gasteiger partial charge in [-0.25, -0.2) is 0 Å². The van der Waals surface area contributed by atoms with Crippen molar-refractivity contribution in [1.29, 1.82) is 0 Å². The average molecular weight is 895 g/mol. The number of rotatable bonds is 52. The summed E-state index contributed by atoms with van der Waals surface area (Å²) >= 11 is 0. The molecule has 0 rings (SSSR count). The molecule has 0 heterocycles. The van der Waals surface area contributed by atoms with Gasteiger partial charge in [0.2, 0.25) is 0 Å². The van der Waals surface area contributed by atoms with Gasteiger partial charge in [-0.3, -0.25) is 9.59 Å². The first kappa shape index (κ1) is 61.8. The van der Waals surface area contributed by atoms with E-state index >= 15 is 0 Å². The number of nitrogens with zero attached hydrogens (tertiary/aromatic N) is 2. The molecule has 0 saturated heterocycles. The Morgan fingerprint density at radius 2 is 0.508 bits per heavy atom. The number of unbranched alkanes of at least 4 members (excludes halogenated alkanes) is 26. The molecule has 0 unspecified atom stereocenters.